The van der Waals surface area contributed by atoms with E-state index in [1.54, 1.807) is 48.5 Å². The van der Waals surface area contributed by atoms with Gasteiger partial charge in [0.1, 0.15) is 11.4 Å². The number of halogens is 3. The van der Waals surface area contributed by atoms with E-state index in [0.717, 1.165) is 11.7 Å². The Bertz CT molecular complexity index is 962. The van der Waals surface area contributed by atoms with E-state index in [1.807, 2.05) is 0 Å². The van der Waals surface area contributed by atoms with Gasteiger partial charge in [-0.3, -0.25) is 0 Å². The molecule has 0 radical (unpaired) electrons. The first-order chi connectivity index (χ1) is 12.9. The van der Waals surface area contributed by atoms with E-state index in [1.165, 1.54) is 19.4 Å². The molecule has 27 heavy (non-hydrogen) atoms. The van der Waals surface area contributed by atoms with Crippen molar-refractivity contribution in [3.8, 4) is 22.6 Å². The summed E-state index contributed by atoms with van der Waals surface area (Å²) in [5, 5.41) is 0. The maximum Gasteiger partial charge on any atom is 0.432 e. The Morgan fingerprint density at radius 1 is 0.963 bits per heavy atom. The van der Waals surface area contributed by atoms with Crippen LogP contribution < -0.4 is 4.74 Å². The Balaban J connectivity index is 2.41. The molecule has 3 aromatic rings. The van der Waals surface area contributed by atoms with E-state index < -0.39 is 23.4 Å². The molecule has 0 saturated heterocycles. The summed E-state index contributed by atoms with van der Waals surface area (Å²) in [4.78, 5) is 12.3. The lowest BCUT2D eigenvalue weighted by molar-refractivity contribution is -0.142. The van der Waals surface area contributed by atoms with E-state index in [4.69, 9.17) is 4.74 Å². The number of aromatic nitrogens is 1. The first kappa shape index (κ1) is 18.6. The van der Waals surface area contributed by atoms with Crippen LogP contribution in [0.4, 0.5) is 13.2 Å². The second kappa shape index (κ2) is 7.19. The van der Waals surface area contributed by atoms with Crippen LogP contribution in [0, 0.1) is 0 Å². The normalized spacial score (nSPS) is 11.3. The lowest BCUT2D eigenvalue weighted by Crippen LogP contribution is -2.18. The van der Waals surface area contributed by atoms with E-state index in [-0.39, 0.29) is 17.0 Å². The van der Waals surface area contributed by atoms with Crippen molar-refractivity contribution < 1.29 is 27.4 Å². The molecular formula is C20H16F3NO3. The van der Waals surface area contributed by atoms with Gasteiger partial charge < -0.3 is 14.0 Å². The number of nitrogens with zero attached hydrogens (tertiary/aromatic N) is 1. The molecule has 0 amide bonds. The number of carbonyl (C=O) groups excluding carboxylic acids is 1. The molecular weight excluding hydrogens is 359 g/mol. The average molecular weight is 375 g/mol. The summed E-state index contributed by atoms with van der Waals surface area (Å²) in [7, 11) is 2.42. The fourth-order valence-electron chi connectivity index (χ4n) is 2.95. The molecule has 0 fully saturated rings. The predicted octanol–water partition coefficient (Wildman–Crippen LogP) is 4.96. The number of rotatable bonds is 4. The highest BCUT2D eigenvalue weighted by Gasteiger charge is 2.42. The van der Waals surface area contributed by atoms with Gasteiger partial charge in [0.2, 0.25) is 0 Å². The number of benzene rings is 2. The van der Waals surface area contributed by atoms with Crippen LogP contribution in [0.5, 0.6) is 5.75 Å². The Kier molecular flexibility index (Phi) is 4.94. The Morgan fingerprint density at radius 3 is 2.19 bits per heavy atom. The molecule has 2 aromatic carbocycles. The highest BCUT2D eigenvalue weighted by Crippen LogP contribution is 2.41. The van der Waals surface area contributed by atoms with Crippen LogP contribution >= 0.6 is 0 Å². The van der Waals surface area contributed by atoms with Gasteiger partial charge in [-0.25, -0.2) is 4.79 Å². The molecule has 7 heteroatoms. The first-order valence-corrected chi connectivity index (χ1v) is 7.98. The monoisotopic (exact) mass is 375 g/mol. The van der Waals surface area contributed by atoms with Crippen LogP contribution in [0.25, 0.3) is 16.8 Å². The standard InChI is InChI=1S/C20H16F3NO3/c1-26-16-11-7-6-10-15(16)24-12-14(13-8-4-3-5-9-13)17(19(25)27-2)18(24)20(21,22)23/h3-12H,1-2H3. The van der Waals surface area contributed by atoms with E-state index in [0.29, 0.717) is 5.56 Å². The van der Waals surface area contributed by atoms with Crippen molar-refractivity contribution in [1.29, 1.82) is 0 Å². The summed E-state index contributed by atoms with van der Waals surface area (Å²) in [6, 6.07) is 14.7. The Morgan fingerprint density at radius 2 is 1.59 bits per heavy atom. The van der Waals surface area contributed by atoms with Crippen molar-refractivity contribution >= 4 is 5.97 Å². The van der Waals surface area contributed by atoms with Gasteiger partial charge in [0, 0.05) is 11.8 Å². The fraction of sp³-hybridized carbons (Fsp3) is 0.150. The van der Waals surface area contributed by atoms with E-state index in [2.05, 4.69) is 4.74 Å². The third-order valence-corrected chi connectivity index (χ3v) is 4.09. The Hall–Kier alpha value is -3.22. The van der Waals surface area contributed by atoms with Crippen LogP contribution in [0.15, 0.2) is 60.8 Å². The molecule has 0 aliphatic heterocycles. The molecule has 0 aliphatic rings. The van der Waals surface area contributed by atoms with Crippen LogP contribution in [0.1, 0.15) is 16.1 Å². The maximum absolute atomic E-state index is 14.0. The highest BCUT2D eigenvalue weighted by molar-refractivity contribution is 5.99. The van der Waals surface area contributed by atoms with Crippen molar-refractivity contribution in [2.24, 2.45) is 0 Å². The molecule has 4 nitrogen and oxygen atoms in total. The zero-order valence-corrected chi connectivity index (χ0v) is 14.6. The van der Waals surface area contributed by atoms with Gasteiger partial charge in [0.25, 0.3) is 0 Å². The van der Waals surface area contributed by atoms with Gasteiger partial charge in [-0.05, 0) is 17.7 Å². The summed E-state index contributed by atoms with van der Waals surface area (Å²) in [6.07, 6.45) is -3.51. The van der Waals surface area contributed by atoms with Crippen LogP contribution in [0.2, 0.25) is 0 Å². The number of hydrogen-bond donors (Lipinski definition) is 0. The lowest BCUT2D eigenvalue weighted by atomic mass is 10.0. The summed E-state index contributed by atoms with van der Waals surface area (Å²) in [5.74, 6) is -0.816. The van der Waals surface area contributed by atoms with Crippen molar-refractivity contribution in [3.05, 3.63) is 72.1 Å². The lowest BCUT2D eigenvalue weighted by Gasteiger charge is -2.16. The third-order valence-electron chi connectivity index (χ3n) is 4.09. The van der Waals surface area contributed by atoms with Gasteiger partial charge >= 0.3 is 12.1 Å². The SMILES string of the molecule is COC(=O)c1c(-c2ccccc2)cn(-c2ccccc2OC)c1C(F)(F)F. The number of para-hydroxylation sites is 2. The number of methoxy groups -OCH3 is 2. The summed E-state index contributed by atoms with van der Waals surface area (Å²) >= 11 is 0. The second-order valence-electron chi connectivity index (χ2n) is 5.66. The number of alkyl halides is 3. The molecule has 0 unspecified atom stereocenters. The molecule has 0 saturated carbocycles. The van der Waals surface area contributed by atoms with Gasteiger partial charge in [0.15, 0.2) is 0 Å². The zero-order valence-electron chi connectivity index (χ0n) is 14.6. The minimum Gasteiger partial charge on any atom is -0.495 e. The van der Waals surface area contributed by atoms with Crippen molar-refractivity contribution in [2.45, 2.75) is 6.18 Å². The van der Waals surface area contributed by atoms with Gasteiger partial charge in [0.05, 0.1) is 25.5 Å². The molecule has 0 aliphatic carbocycles. The minimum absolute atomic E-state index is 0.126. The second-order valence-corrected chi connectivity index (χ2v) is 5.66. The summed E-state index contributed by atoms with van der Waals surface area (Å²) in [5.41, 5.74) is -0.891. The van der Waals surface area contributed by atoms with Crippen molar-refractivity contribution in [3.63, 3.8) is 0 Å². The van der Waals surface area contributed by atoms with Crippen molar-refractivity contribution in [1.82, 2.24) is 4.57 Å². The number of hydrogen-bond acceptors (Lipinski definition) is 3. The average Bonchev–Trinajstić information content (AvgIpc) is 3.09. The third kappa shape index (κ3) is 3.40. The number of esters is 1. The molecule has 0 atom stereocenters. The highest BCUT2D eigenvalue weighted by atomic mass is 19.4. The van der Waals surface area contributed by atoms with Crippen LogP contribution in [-0.2, 0) is 10.9 Å². The molecule has 140 valence electrons. The van der Waals surface area contributed by atoms with Crippen LogP contribution in [-0.4, -0.2) is 24.8 Å². The topological polar surface area (TPSA) is 40.5 Å². The smallest absolute Gasteiger partial charge is 0.432 e. The number of ether oxygens (including phenoxy) is 2. The van der Waals surface area contributed by atoms with E-state index in [9.17, 15) is 18.0 Å². The predicted molar refractivity (Wildman–Crippen MR) is 94.1 cm³/mol. The first-order valence-electron chi connectivity index (χ1n) is 7.98. The molecule has 1 heterocycles. The van der Waals surface area contributed by atoms with Gasteiger partial charge in [-0.2, -0.15) is 13.2 Å². The van der Waals surface area contributed by atoms with Gasteiger partial charge in [-0.15, -0.1) is 0 Å². The molecule has 0 bridgehead atoms. The minimum atomic E-state index is -4.79. The van der Waals surface area contributed by atoms with Crippen LogP contribution in [0.3, 0.4) is 0 Å². The summed E-state index contributed by atoms with van der Waals surface area (Å²) in [6.45, 7) is 0. The largest absolute Gasteiger partial charge is 0.495 e. The van der Waals surface area contributed by atoms with Gasteiger partial charge in [-0.1, -0.05) is 42.5 Å². The molecule has 1 aromatic heterocycles. The molecule has 0 spiro atoms. The Labute approximate surface area is 153 Å². The van der Waals surface area contributed by atoms with Crippen molar-refractivity contribution in [2.75, 3.05) is 14.2 Å². The number of carbonyl (C=O) groups is 1. The quantitative estimate of drug-likeness (QED) is 0.606. The fourth-order valence-corrected chi connectivity index (χ4v) is 2.95. The zero-order chi connectivity index (χ0) is 19.6. The molecule has 0 N–H and O–H groups in total. The summed E-state index contributed by atoms with van der Waals surface area (Å²) < 4.78 is 52.7. The molecule has 3 rings (SSSR count). The maximum atomic E-state index is 14.0. The van der Waals surface area contributed by atoms with E-state index >= 15 is 0 Å².